The molecule has 8 heteroatoms. The van der Waals surface area contributed by atoms with E-state index in [0.29, 0.717) is 33.8 Å². The van der Waals surface area contributed by atoms with Gasteiger partial charge in [0.15, 0.2) is 17.3 Å². The molecule has 0 unspecified atom stereocenters. The van der Waals surface area contributed by atoms with Crippen LogP contribution in [0.4, 0.5) is 10.1 Å². The number of halogens is 1. The zero-order valence-corrected chi connectivity index (χ0v) is 15.7. The van der Waals surface area contributed by atoms with Crippen LogP contribution in [-0.2, 0) is 21.0 Å². The fourth-order valence-electron chi connectivity index (χ4n) is 2.94. The molecule has 1 aliphatic heterocycles. The third-order valence-corrected chi connectivity index (χ3v) is 4.55. The lowest BCUT2D eigenvalue weighted by atomic mass is 9.94. The number of carbonyl (C=O) groups excluding carboxylic acids is 1. The molecular weight excluding hydrogens is 373 g/mol. The molecule has 0 amide bonds. The van der Waals surface area contributed by atoms with Crippen molar-refractivity contribution >= 4 is 34.3 Å². The number of ether oxygens (including phenoxy) is 3. The highest BCUT2D eigenvalue weighted by Gasteiger charge is 2.30. The second-order valence-corrected chi connectivity index (χ2v) is 6.09. The van der Waals surface area contributed by atoms with Crippen molar-refractivity contribution in [3.05, 3.63) is 52.8 Å². The van der Waals surface area contributed by atoms with Crippen molar-refractivity contribution in [2.75, 3.05) is 20.8 Å². The Labute approximate surface area is 158 Å². The van der Waals surface area contributed by atoms with Crippen molar-refractivity contribution in [1.29, 1.82) is 0 Å². The Kier molecular flexibility index (Phi) is 5.36. The minimum Gasteiger partial charge on any atom is -0.493 e. The number of rotatable bonds is 5. The fraction of sp³-hybridized carbons (Fsp3) is 0.211. The Morgan fingerprint density at radius 3 is 2.56 bits per heavy atom. The molecular formula is C19H16FNO5S. The predicted octanol–water partition coefficient (Wildman–Crippen LogP) is 3.65. The van der Waals surface area contributed by atoms with Crippen LogP contribution in [-0.4, -0.2) is 31.0 Å². The molecule has 0 radical (unpaired) electrons. The van der Waals surface area contributed by atoms with Gasteiger partial charge in [-0.3, -0.25) is 0 Å². The van der Waals surface area contributed by atoms with E-state index in [1.807, 2.05) is 0 Å². The third-order valence-electron chi connectivity index (χ3n) is 4.29. The molecule has 0 fully saturated rings. The molecule has 1 aliphatic rings. The highest BCUT2D eigenvalue weighted by atomic mass is 32.1. The van der Waals surface area contributed by atoms with E-state index in [0.717, 1.165) is 0 Å². The zero-order valence-electron chi connectivity index (χ0n) is 14.9. The van der Waals surface area contributed by atoms with Gasteiger partial charge in [0, 0.05) is 11.1 Å². The van der Waals surface area contributed by atoms with Crippen molar-refractivity contribution in [2.45, 2.75) is 6.92 Å². The predicted molar refractivity (Wildman–Crippen MR) is 98.7 cm³/mol. The monoisotopic (exact) mass is 389 g/mol. The minimum absolute atomic E-state index is 0.0446. The van der Waals surface area contributed by atoms with Gasteiger partial charge in [0.25, 0.3) is 0 Å². The Morgan fingerprint density at radius 1 is 1.15 bits per heavy atom. The molecule has 0 spiro atoms. The van der Waals surface area contributed by atoms with E-state index in [4.69, 9.17) is 14.2 Å². The topological polar surface area (TPSA) is 74.2 Å². The Balaban J connectivity index is 2.26. The number of hydrogen-bond donors (Lipinski definition) is 0. The van der Waals surface area contributed by atoms with Gasteiger partial charge in [0.2, 0.25) is 11.5 Å². The summed E-state index contributed by atoms with van der Waals surface area (Å²) in [5.74, 6) is -0.195. The average molecular weight is 389 g/mol. The molecule has 0 N–H and O–H groups in total. The lowest BCUT2D eigenvalue weighted by Crippen LogP contribution is -2.00. The van der Waals surface area contributed by atoms with E-state index in [-0.39, 0.29) is 29.3 Å². The van der Waals surface area contributed by atoms with Gasteiger partial charge in [0.1, 0.15) is 12.3 Å². The number of carbonyl (C=O) groups is 1. The summed E-state index contributed by atoms with van der Waals surface area (Å²) in [6, 6.07) is 8.20. The number of benzene rings is 2. The highest BCUT2D eigenvalue weighted by molar-refractivity contribution is 7.54. The second kappa shape index (κ2) is 7.71. The van der Waals surface area contributed by atoms with E-state index in [9.17, 15) is 13.4 Å². The first-order valence-corrected chi connectivity index (χ1v) is 8.63. The lowest BCUT2D eigenvalue weighted by molar-refractivity contribution is -0.133. The molecule has 0 aromatic heterocycles. The smallest absolute Gasteiger partial charge is 0.339 e. The third kappa shape index (κ3) is 3.35. The van der Waals surface area contributed by atoms with E-state index < -0.39 is 11.8 Å². The van der Waals surface area contributed by atoms with Gasteiger partial charge in [-0.1, -0.05) is 18.2 Å². The number of nitrogens with zero attached hydrogens (tertiary/aromatic N) is 1. The molecule has 0 aliphatic carbocycles. The van der Waals surface area contributed by atoms with Crippen LogP contribution in [0.15, 0.2) is 34.7 Å². The minimum atomic E-state index is -0.602. The lowest BCUT2D eigenvalue weighted by Gasteiger charge is -2.11. The summed E-state index contributed by atoms with van der Waals surface area (Å²) in [7, 11) is 3.00. The number of esters is 1. The van der Waals surface area contributed by atoms with Crippen molar-refractivity contribution in [3.63, 3.8) is 0 Å². The maximum atomic E-state index is 14.5. The first kappa shape index (κ1) is 18.8. The quantitative estimate of drug-likeness (QED) is 0.730. The largest absolute Gasteiger partial charge is 0.493 e. The SMILES string of the molecule is COc1ccc(C2=C(c3ccc(C)c(F)c3N=S=O)COC2=O)cc1OC. The average Bonchev–Trinajstić information content (AvgIpc) is 3.06. The Hall–Kier alpha value is -3.00. The first-order valence-electron chi connectivity index (χ1n) is 7.94. The van der Waals surface area contributed by atoms with Crippen LogP contribution in [0.1, 0.15) is 16.7 Å². The molecule has 2 aromatic rings. The number of cyclic esters (lactones) is 1. The summed E-state index contributed by atoms with van der Waals surface area (Å²) >= 11 is -0.0905. The second-order valence-electron chi connectivity index (χ2n) is 5.76. The van der Waals surface area contributed by atoms with Gasteiger partial charge in [0.05, 0.1) is 19.8 Å². The summed E-state index contributed by atoms with van der Waals surface area (Å²) < 4.78 is 44.8. The summed E-state index contributed by atoms with van der Waals surface area (Å²) in [6.07, 6.45) is 0. The van der Waals surface area contributed by atoms with Crippen LogP contribution in [0.5, 0.6) is 11.5 Å². The fourth-order valence-corrected chi connectivity index (χ4v) is 3.19. The standard InChI is InChI=1S/C19H16FNO5S/c1-10-4-6-12(18(17(10)20)21-27-23)13-9-26-19(22)16(13)11-5-7-14(24-2)15(8-11)25-3/h4-8H,9H2,1-3H3. The molecule has 2 aromatic carbocycles. The van der Waals surface area contributed by atoms with E-state index in [1.165, 1.54) is 14.2 Å². The van der Waals surface area contributed by atoms with Gasteiger partial charge in [-0.25, -0.2) is 9.18 Å². The van der Waals surface area contributed by atoms with E-state index >= 15 is 0 Å². The van der Waals surface area contributed by atoms with Crippen LogP contribution in [0.25, 0.3) is 11.1 Å². The van der Waals surface area contributed by atoms with Crippen LogP contribution >= 0.6 is 0 Å². The molecule has 3 rings (SSSR count). The summed E-state index contributed by atoms with van der Waals surface area (Å²) in [5, 5.41) is 0. The van der Waals surface area contributed by atoms with Gasteiger partial charge in [-0.2, -0.15) is 8.57 Å². The van der Waals surface area contributed by atoms with Crippen molar-refractivity contribution in [1.82, 2.24) is 0 Å². The van der Waals surface area contributed by atoms with Gasteiger partial charge in [-0.15, -0.1) is 0 Å². The summed E-state index contributed by atoms with van der Waals surface area (Å²) in [6.45, 7) is 1.53. The Bertz CT molecular complexity index is 1010. The van der Waals surface area contributed by atoms with Crippen molar-refractivity contribution in [3.8, 4) is 11.5 Å². The summed E-state index contributed by atoms with van der Waals surface area (Å²) in [5.41, 5.74) is 1.86. The highest BCUT2D eigenvalue weighted by Crippen LogP contribution is 2.40. The zero-order chi connectivity index (χ0) is 19.6. The number of aryl methyl sites for hydroxylation is 1. The van der Waals surface area contributed by atoms with Gasteiger partial charge in [-0.05, 0) is 30.2 Å². The molecule has 6 nitrogen and oxygen atoms in total. The molecule has 0 bridgehead atoms. The molecule has 0 atom stereocenters. The van der Waals surface area contributed by atoms with E-state index in [1.54, 1.807) is 37.3 Å². The number of methoxy groups -OCH3 is 2. The Morgan fingerprint density at radius 2 is 1.89 bits per heavy atom. The van der Waals surface area contributed by atoms with Crippen LogP contribution in [0, 0.1) is 12.7 Å². The normalized spacial score (nSPS) is 13.4. The van der Waals surface area contributed by atoms with Crippen LogP contribution in [0.3, 0.4) is 0 Å². The first-order chi connectivity index (χ1) is 13.0. The molecule has 0 saturated heterocycles. The maximum absolute atomic E-state index is 14.5. The van der Waals surface area contributed by atoms with Gasteiger partial charge >= 0.3 is 5.97 Å². The van der Waals surface area contributed by atoms with Crippen LogP contribution in [0.2, 0.25) is 0 Å². The molecule has 1 heterocycles. The number of hydrogen-bond acceptors (Lipinski definition) is 6. The maximum Gasteiger partial charge on any atom is 0.339 e. The summed E-state index contributed by atoms with van der Waals surface area (Å²) in [4.78, 5) is 12.4. The van der Waals surface area contributed by atoms with E-state index in [2.05, 4.69) is 4.36 Å². The molecule has 27 heavy (non-hydrogen) atoms. The molecule has 140 valence electrons. The van der Waals surface area contributed by atoms with Crippen LogP contribution < -0.4 is 9.47 Å². The van der Waals surface area contributed by atoms with Gasteiger partial charge < -0.3 is 14.2 Å². The molecule has 0 saturated carbocycles. The van der Waals surface area contributed by atoms with Crippen molar-refractivity contribution in [2.24, 2.45) is 4.36 Å². The van der Waals surface area contributed by atoms with Crippen molar-refractivity contribution < 1.29 is 27.6 Å².